The number of aromatic nitrogens is 1. The summed E-state index contributed by atoms with van der Waals surface area (Å²) in [5, 5.41) is 5.10. The van der Waals surface area contributed by atoms with Crippen LogP contribution in [-0.4, -0.2) is 48.0 Å². The summed E-state index contributed by atoms with van der Waals surface area (Å²) in [6.07, 6.45) is 2.45. The smallest absolute Gasteiger partial charge is 0.258 e. The van der Waals surface area contributed by atoms with Crippen molar-refractivity contribution in [2.24, 2.45) is 0 Å². The van der Waals surface area contributed by atoms with Crippen LogP contribution in [0, 0.1) is 0 Å². The molecule has 1 unspecified atom stereocenters. The van der Waals surface area contributed by atoms with Crippen LogP contribution in [0.5, 0.6) is 23.0 Å². The fraction of sp³-hybridized carbons (Fsp3) is 0.200. The highest BCUT2D eigenvalue weighted by Gasteiger charge is 2.22. The van der Waals surface area contributed by atoms with Crippen LogP contribution < -0.4 is 19.5 Å². The van der Waals surface area contributed by atoms with Gasteiger partial charge in [-0.05, 0) is 66.6 Å². The zero-order chi connectivity index (χ0) is 31.8. The number of rotatable bonds is 13. The molecule has 5 rings (SSSR count). The van der Waals surface area contributed by atoms with Crippen molar-refractivity contribution in [2.75, 3.05) is 20.3 Å². The molecule has 5 aromatic rings. The van der Waals surface area contributed by atoms with E-state index in [1.54, 1.807) is 54.5 Å². The van der Waals surface area contributed by atoms with Crippen molar-refractivity contribution in [2.45, 2.75) is 25.9 Å². The maximum absolute atomic E-state index is 13.2. The maximum atomic E-state index is 13.2. The highest BCUT2D eigenvalue weighted by Crippen LogP contribution is 2.29. The van der Waals surface area contributed by atoms with Crippen LogP contribution in [0.25, 0.3) is 10.9 Å². The highest BCUT2D eigenvalue weighted by atomic mass is 35.5. The van der Waals surface area contributed by atoms with Crippen LogP contribution in [0.1, 0.15) is 19.5 Å². The number of carbonyl (C=O) groups excluding carboxylic acids is 2. The number of carbonyl (C=O) groups is 2. The molecule has 0 radical (unpaired) electrons. The van der Waals surface area contributed by atoms with Crippen LogP contribution in [0.2, 0.25) is 10.0 Å². The van der Waals surface area contributed by atoms with Gasteiger partial charge in [0.15, 0.2) is 6.61 Å². The summed E-state index contributed by atoms with van der Waals surface area (Å²) < 4.78 is 17.1. The molecule has 2 N–H and O–H groups in total. The summed E-state index contributed by atoms with van der Waals surface area (Å²) in [5.41, 5.74) is 2.92. The van der Waals surface area contributed by atoms with E-state index < -0.39 is 0 Å². The third-order valence-electron chi connectivity index (χ3n) is 7.21. The maximum Gasteiger partial charge on any atom is 0.258 e. The lowest BCUT2D eigenvalue weighted by molar-refractivity contribution is -0.131. The minimum Gasteiger partial charge on any atom is -0.496 e. The minimum atomic E-state index is -0.390. The number of hydrogen-bond donors (Lipinski definition) is 2. The first-order chi connectivity index (χ1) is 21.8. The van der Waals surface area contributed by atoms with Crippen LogP contribution >= 0.6 is 23.2 Å². The van der Waals surface area contributed by atoms with Gasteiger partial charge in [0.2, 0.25) is 5.91 Å². The standard InChI is InChI=1S/C35H33Cl2N3O5.H2/c1-23(41)40(20-24-7-3-6-10-34(24)43-2)21-28(15-25-19-38-33-9-5-4-8-32(25)33)39-35(42)22-44-29-11-13-30(14-12-29)45-31-17-26(36)16-27(37)18-31;/h3-14,16-19,28,38H,15,20-22H2,1-2H3,(H,39,42);1H. The zero-order valence-corrected chi connectivity index (χ0v) is 26.4. The number of nitrogens with zero attached hydrogens (tertiary/aromatic N) is 1. The number of fused-ring (bicyclic) bond motifs is 1. The van der Waals surface area contributed by atoms with E-state index in [2.05, 4.69) is 10.3 Å². The van der Waals surface area contributed by atoms with Gasteiger partial charge >= 0.3 is 0 Å². The minimum absolute atomic E-state index is 0. The van der Waals surface area contributed by atoms with E-state index >= 15 is 0 Å². The number of hydrogen-bond acceptors (Lipinski definition) is 5. The summed E-state index contributed by atoms with van der Waals surface area (Å²) in [6, 6.07) is 27.0. The lowest BCUT2D eigenvalue weighted by Gasteiger charge is -2.28. The van der Waals surface area contributed by atoms with E-state index in [0.717, 1.165) is 22.0 Å². The molecule has 2 amide bonds. The number of H-pyrrole nitrogens is 1. The second-order valence-corrected chi connectivity index (χ2v) is 11.4. The predicted octanol–water partition coefficient (Wildman–Crippen LogP) is 7.68. The summed E-state index contributed by atoms with van der Waals surface area (Å²) in [4.78, 5) is 31.0. The normalized spacial score (nSPS) is 11.6. The van der Waals surface area contributed by atoms with Gasteiger partial charge in [0, 0.05) is 54.1 Å². The second kappa shape index (κ2) is 14.9. The van der Waals surface area contributed by atoms with Gasteiger partial charge < -0.3 is 29.4 Å². The van der Waals surface area contributed by atoms with Crippen molar-refractivity contribution in [1.29, 1.82) is 0 Å². The number of benzene rings is 4. The molecular weight excluding hydrogens is 613 g/mol. The Balaban J connectivity index is 0.00000480. The number of methoxy groups -OCH3 is 1. The van der Waals surface area contributed by atoms with E-state index in [0.29, 0.717) is 46.0 Å². The van der Waals surface area contributed by atoms with Crippen molar-refractivity contribution in [3.05, 3.63) is 118 Å². The quantitative estimate of drug-likeness (QED) is 0.137. The van der Waals surface area contributed by atoms with E-state index in [-0.39, 0.29) is 32.4 Å². The predicted molar refractivity (Wildman–Crippen MR) is 179 cm³/mol. The number of aromatic amines is 1. The largest absolute Gasteiger partial charge is 0.496 e. The van der Waals surface area contributed by atoms with Crippen molar-refractivity contribution < 1.29 is 25.2 Å². The Morgan fingerprint density at radius 1 is 0.889 bits per heavy atom. The molecule has 1 heterocycles. The molecule has 45 heavy (non-hydrogen) atoms. The van der Waals surface area contributed by atoms with Crippen LogP contribution in [-0.2, 0) is 22.6 Å². The molecule has 0 bridgehead atoms. The van der Waals surface area contributed by atoms with Gasteiger partial charge in [0.1, 0.15) is 23.0 Å². The average Bonchev–Trinajstić information content (AvgIpc) is 3.42. The molecule has 0 aliphatic heterocycles. The first-order valence-corrected chi connectivity index (χ1v) is 15.1. The number of ether oxygens (including phenoxy) is 3. The van der Waals surface area contributed by atoms with Crippen LogP contribution in [0.4, 0.5) is 0 Å². The van der Waals surface area contributed by atoms with Gasteiger partial charge in [-0.1, -0.05) is 59.6 Å². The van der Waals surface area contributed by atoms with E-state index in [1.165, 1.54) is 6.92 Å². The number of para-hydroxylation sites is 2. The molecule has 0 spiro atoms. The third kappa shape index (κ3) is 8.71. The Hall–Kier alpha value is -4.66. The molecule has 0 fully saturated rings. The lowest BCUT2D eigenvalue weighted by Crippen LogP contribution is -2.47. The molecule has 234 valence electrons. The molecule has 1 aromatic heterocycles. The molecule has 0 aliphatic rings. The Morgan fingerprint density at radius 3 is 2.31 bits per heavy atom. The van der Waals surface area contributed by atoms with Crippen LogP contribution in [0.15, 0.2) is 97.2 Å². The van der Waals surface area contributed by atoms with E-state index in [4.69, 9.17) is 37.4 Å². The molecule has 0 aliphatic carbocycles. The molecule has 8 nitrogen and oxygen atoms in total. The number of nitrogens with one attached hydrogen (secondary N) is 2. The van der Waals surface area contributed by atoms with Gasteiger partial charge in [-0.25, -0.2) is 0 Å². The first-order valence-electron chi connectivity index (χ1n) is 14.4. The summed E-state index contributed by atoms with van der Waals surface area (Å²) in [6.45, 7) is 1.95. The number of amides is 2. The fourth-order valence-electron chi connectivity index (χ4n) is 5.08. The van der Waals surface area contributed by atoms with Gasteiger partial charge in [-0.15, -0.1) is 0 Å². The third-order valence-corrected chi connectivity index (χ3v) is 7.65. The molecule has 0 saturated heterocycles. The second-order valence-electron chi connectivity index (χ2n) is 10.5. The summed E-state index contributed by atoms with van der Waals surface area (Å²) >= 11 is 12.1. The van der Waals surface area contributed by atoms with E-state index in [1.807, 2.05) is 54.7 Å². The SMILES string of the molecule is COc1ccccc1CN(CC(Cc1c[nH]c2ccccc12)NC(=O)COc1ccc(Oc2cc(Cl)cc(Cl)c2)cc1)C(C)=O.[HH]. The van der Waals surface area contributed by atoms with E-state index in [9.17, 15) is 9.59 Å². The molecule has 0 saturated carbocycles. The monoisotopic (exact) mass is 647 g/mol. The zero-order valence-electron chi connectivity index (χ0n) is 24.9. The lowest BCUT2D eigenvalue weighted by atomic mass is 10.0. The molecule has 10 heteroatoms. The van der Waals surface area contributed by atoms with Gasteiger partial charge in [-0.3, -0.25) is 9.59 Å². The van der Waals surface area contributed by atoms with Crippen molar-refractivity contribution in [1.82, 2.24) is 15.2 Å². The highest BCUT2D eigenvalue weighted by molar-refractivity contribution is 6.34. The molecular formula is C35H35Cl2N3O5. The van der Waals surface area contributed by atoms with Gasteiger partial charge in [0.05, 0.1) is 13.2 Å². The topological polar surface area (TPSA) is 92.9 Å². The Bertz CT molecular complexity index is 1760. The van der Waals surface area contributed by atoms with Crippen molar-refractivity contribution in [3.8, 4) is 23.0 Å². The van der Waals surface area contributed by atoms with Gasteiger partial charge in [0.25, 0.3) is 5.91 Å². The molecule has 1 atom stereocenters. The van der Waals surface area contributed by atoms with Crippen LogP contribution in [0.3, 0.4) is 0 Å². The van der Waals surface area contributed by atoms with Crippen molar-refractivity contribution in [3.63, 3.8) is 0 Å². The van der Waals surface area contributed by atoms with Crippen molar-refractivity contribution >= 4 is 45.9 Å². The Kier molecular flexibility index (Phi) is 10.5. The summed E-state index contributed by atoms with van der Waals surface area (Å²) in [5.74, 6) is 1.83. The first kappa shape index (κ1) is 31.8. The van der Waals surface area contributed by atoms with Gasteiger partial charge in [-0.2, -0.15) is 0 Å². The summed E-state index contributed by atoms with van der Waals surface area (Å²) in [7, 11) is 1.60. The Labute approximate surface area is 273 Å². The fourth-order valence-corrected chi connectivity index (χ4v) is 5.59. The number of halogens is 2. The Morgan fingerprint density at radius 2 is 1.58 bits per heavy atom. The average molecular weight is 649 g/mol. The molecule has 4 aromatic carbocycles.